The molecule has 23 heavy (non-hydrogen) atoms. The second kappa shape index (κ2) is 5.96. The minimum atomic E-state index is 0.582. The number of hydrogen-bond donors (Lipinski definition) is 2. The van der Waals surface area contributed by atoms with Crippen molar-refractivity contribution in [2.45, 2.75) is 12.8 Å². The highest BCUT2D eigenvalue weighted by Crippen LogP contribution is 2.24. The molecule has 5 nitrogen and oxygen atoms in total. The Labute approximate surface area is 134 Å². The largest absolute Gasteiger partial charge is 0.439 e. The van der Waals surface area contributed by atoms with E-state index in [1.807, 2.05) is 42.5 Å². The standard InChI is InChI=1S/C18H16N4O/c1-2-6-16-15(5-1)21-18(22-16)20-13-8-10-14(11-9-13)23-17-7-3-4-12-19-17/h1,3-5,7-12H,2,6H2,(H2,20,21,22). The molecule has 0 atom stereocenters. The minimum Gasteiger partial charge on any atom is -0.439 e. The molecule has 0 saturated carbocycles. The first-order chi connectivity index (χ1) is 11.4. The number of H-pyrrole nitrogens is 1. The molecule has 1 aliphatic rings. The van der Waals surface area contributed by atoms with Gasteiger partial charge in [0.1, 0.15) is 5.75 Å². The number of anilines is 2. The van der Waals surface area contributed by atoms with Crippen molar-refractivity contribution >= 4 is 17.7 Å². The number of fused-ring (bicyclic) bond motifs is 1. The fraction of sp³-hybridized carbons (Fsp3) is 0.111. The Morgan fingerprint density at radius 1 is 1.09 bits per heavy atom. The number of nitrogens with one attached hydrogen (secondary N) is 2. The monoisotopic (exact) mass is 304 g/mol. The van der Waals surface area contributed by atoms with Crippen LogP contribution in [0.25, 0.3) is 6.08 Å². The van der Waals surface area contributed by atoms with Crippen LogP contribution in [0.1, 0.15) is 17.8 Å². The topological polar surface area (TPSA) is 62.8 Å². The molecule has 0 radical (unpaired) electrons. The van der Waals surface area contributed by atoms with Gasteiger partial charge in [-0.1, -0.05) is 12.1 Å². The lowest BCUT2D eigenvalue weighted by Gasteiger charge is -2.06. The van der Waals surface area contributed by atoms with Crippen LogP contribution in [0.3, 0.4) is 0 Å². The first-order valence-electron chi connectivity index (χ1n) is 7.58. The molecule has 0 fully saturated rings. The highest BCUT2D eigenvalue weighted by Gasteiger charge is 2.10. The highest BCUT2D eigenvalue weighted by atomic mass is 16.5. The molecule has 0 spiro atoms. The zero-order valence-electron chi connectivity index (χ0n) is 12.5. The second-order valence-electron chi connectivity index (χ2n) is 5.31. The van der Waals surface area contributed by atoms with Crippen LogP contribution in [-0.2, 0) is 6.42 Å². The molecule has 114 valence electrons. The second-order valence-corrected chi connectivity index (χ2v) is 5.31. The van der Waals surface area contributed by atoms with E-state index in [1.165, 1.54) is 5.69 Å². The number of rotatable bonds is 4. The maximum Gasteiger partial charge on any atom is 0.219 e. The number of imidazole rings is 1. The number of aryl methyl sites for hydroxylation is 1. The third kappa shape index (κ3) is 3.08. The van der Waals surface area contributed by atoms with Gasteiger partial charge in [0, 0.05) is 23.6 Å². The van der Waals surface area contributed by atoms with Crippen LogP contribution in [0.15, 0.2) is 54.7 Å². The van der Waals surface area contributed by atoms with Crippen LogP contribution < -0.4 is 10.1 Å². The number of aromatic nitrogens is 3. The molecular weight excluding hydrogens is 288 g/mol. The zero-order chi connectivity index (χ0) is 15.5. The van der Waals surface area contributed by atoms with Crippen LogP contribution in [0.4, 0.5) is 11.6 Å². The summed E-state index contributed by atoms with van der Waals surface area (Å²) in [5, 5.41) is 3.28. The molecule has 4 rings (SSSR count). The quantitative estimate of drug-likeness (QED) is 0.754. The Morgan fingerprint density at radius 2 is 2.00 bits per heavy atom. The van der Waals surface area contributed by atoms with Crippen molar-refractivity contribution in [3.8, 4) is 11.6 Å². The molecule has 1 aromatic carbocycles. The Balaban J connectivity index is 1.46. The number of nitrogens with zero attached hydrogens (tertiary/aromatic N) is 2. The maximum absolute atomic E-state index is 5.68. The van der Waals surface area contributed by atoms with Crippen molar-refractivity contribution < 1.29 is 4.74 Å². The van der Waals surface area contributed by atoms with Crippen molar-refractivity contribution in [1.29, 1.82) is 0 Å². The van der Waals surface area contributed by atoms with Crippen molar-refractivity contribution in [2.24, 2.45) is 0 Å². The van der Waals surface area contributed by atoms with Crippen LogP contribution in [0.2, 0.25) is 0 Å². The fourth-order valence-corrected chi connectivity index (χ4v) is 2.50. The van der Waals surface area contributed by atoms with Gasteiger partial charge >= 0.3 is 0 Å². The number of benzene rings is 1. The molecule has 5 heteroatoms. The van der Waals surface area contributed by atoms with E-state index in [-0.39, 0.29) is 0 Å². The average Bonchev–Trinajstić information content (AvgIpc) is 3.00. The first-order valence-corrected chi connectivity index (χ1v) is 7.58. The van der Waals surface area contributed by atoms with Gasteiger partial charge in [0.2, 0.25) is 11.8 Å². The predicted molar refractivity (Wildman–Crippen MR) is 90.0 cm³/mol. The predicted octanol–water partition coefficient (Wildman–Crippen LogP) is 4.30. The van der Waals surface area contributed by atoms with Crippen molar-refractivity contribution in [1.82, 2.24) is 15.0 Å². The Morgan fingerprint density at radius 3 is 2.78 bits per heavy atom. The van der Waals surface area contributed by atoms with Gasteiger partial charge in [0.05, 0.1) is 5.69 Å². The number of ether oxygens (including phenoxy) is 1. The number of aromatic amines is 1. The van der Waals surface area contributed by atoms with Crippen LogP contribution >= 0.6 is 0 Å². The molecule has 2 N–H and O–H groups in total. The van der Waals surface area contributed by atoms with Gasteiger partial charge in [-0.15, -0.1) is 0 Å². The lowest BCUT2D eigenvalue weighted by atomic mass is 10.1. The van der Waals surface area contributed by atoms with Gasteiger partial charge in [-0.3, -0.25) is 0 Å². The van der Waals surface area contributed by atoms with Crippen molar-refractivity contribution in [3.05, 3.63) is 66.1 Å². The summed E-state index contributed by atoms with van der Waals surface area (Å²) in [6, 6.07) is 13.3. The first kappa shape index (κ1) is 13.6. The summed E-state index contributed by atoms with van der Waals surface area (Å²) in [5.41, 5.74) is 3.16. The lowest BCUT2D eigenvalue weighted by Crippen LogP contribution is -1.93. The van der Waals surface area contributed by atoms with E-state index in [4.69, 9.17) is 4.74 Å². The molecular formula is C18H16N4O. The molecule has 1 aliphatic carbocycles. The van der Waals surface area contributed by atoms with Gasteiger partial charge in [-0.25, -0.2) is 9.97 Å². The summed E-state index contributed by atoms with van der Waals surface area (Å²) in [6.07, 6.45) is 7.99. The number of allylic oxidation sites excluding steroid dienone is 1. The van der Waals surface area contributed by atoms with E-state index in [0.717, 1.165) is 35.9 Å². The number of hydrogen-bond acceptors (Lipinski definition) is 4. The zero-order valence-corrected chi connectivity index (χ0v) is 12.5. The fourth-order valence-electron chi connectivity index (χ4n) is 2.50. The van der Waals surface area contributed by atoms with Gasteiger partial charge < -0.3 is 15.0 Å². The normalized spacial score (nSPS) is 12.7. The molecule has 2 heterocycles. The van der Waals surface area contributed by atoms with Gasteiger partial charge in [0.15, 0.2) is 0 Å². The average molecular weight is 304 g/mol. The van der Waals surface area contributed by atoms with Crippen LogP contribution in [0.5, 0.6) is 11.6 Å². The minimum absolute atomic E-state index is 0.582. The summed E-state index contributed by atoms with van der Waals surface area (Å²) in [4.78, 5) is 12.0. The summed E-state index contributed by atoms with van der Waals surface area (Å²) in [6.45, 7) is 0. The summed E-state index contributed by atoms with van der Waals surface area (Å²) in [7, 11) is 0. The summed E-state index contributed by atoms with van der Waals surface area (Å²) >= 11 is 0. The van der Waals surface area contributed by atoms with E-state index in [2.05, 4.69) is 32.4 Å². The Bertz CT molecular complexity index is 822. The molecule has 0 amide bonds. The highest BCUT2D eigenvalue weighted by molar-refractivity contribution is 5.59. The van der Waals surface area contributed by atoms with Crippen LogP contribution in [0, 0.1) is 0 Å². The third-order valence-electron chi connectivity index (χ3n) is 3.62. The smallest absolute Gasteiger partial charge is 0.219 e. The molecule has 0 bridgehead atoms. The maximum atomic E-state index is 5.68. The molecule has 3 aromatic rings. The van der Waals surface area contributed by atoms with Crippen molar-refractivity contribution in [3.63, 3.8) is 0 Å². The van der Waals surface area contributed by atoms with Gasteiger partial charge in [-0.2, -0.15) is 0 Å². The summed E-state index contributed by atoms with van der Waals surface area (Å²) in [5.74, 6) is 2.09. The number of pyridine rings is 1. The van der Waals surface area contributed by atoms with Gasteiger partial charge in [0.25, 0.3) is 0 Å². The van der Waals surface area contributed by atoms with E-state index in [1.54, 1.807) is 6.20 Å². The molecule has 0 aliphatic heterocycles. The third-order valence-corrected chi connectivity index (χ3v) is 3.62. The Kier molecular flexibility index (Phi) is 3.52. The molecule has 0 unspecified atom stereocenters. The molecule has 2 aromatic heterocycles. The van der Waals surface area contributed by atoms with Gasteiger partial charge in [-0.05, 0) is 49.2 Å². The SMILES string of the molecule is C1=Cc2nc(Nc3ccc(Oc4ccccn4)cc3)[nH]c2CC1. The summed E-state index contributed by atoms with van der Waals surface area (Å²) < 4.78 is 5.68. The van der Waals surface area contributed by atoms with E-state index in [9.17, 15) is 0 Å². The van der Waals surface area contributed by atoms with E-state index >= 15 is 0 Å². The van der Waals surface area contributed by atoms with E-state index in [0.29, 0.717) is 5.88 Å². The Hall–Kier alpha value is -3.08. The van der Waals surface area contributed by atoms with Crippen molar-refractivity contribution in [2.75, 3.05) is 5.32 Å². The van der Waals surface area contributed by atoms with Crippen LogP contribution in [-0.4, -0.2) is 15.0 Å². The van der Waals surface area contributed by atoms with E-state index < -0.39 is 0 Å². The lowest BCUT2D eigenvalue weighted by molar-refractivity contribution is 0.463. The molecule has 0 saturated heterocycles.